The average Bonchev–Trinajstić information content (AvgIpc) is 3.03. The Labute approximate surface area is 147 Å². The predicted molar refractivity (Wildman–Crippen MR) is 94.2 cm³/mol. The Kier molecular flexibility index (Phi) is 6.68. The maximum absolute atomic E-state index is 12.0. The van der Waals surface area contributed by atoms with E-state index in [0.717, 1.165) is 29.7 Å². The molecule has 7 nitrogen and oxygen atoms in total. The van der Waals surface area contributed by atoms with E-state index in [-0.39, 0.29) is 24.8 Å². The number of anilines is 1. The number of amides is 2. The molecular formula is C18H24N4O3. The minimum absolute atomic E-state index is 0.0723. The van der Waals surface area contributed by atoms with Crippen molar-refractivity contribution in [2.24, 2.45) is 0 Å². The van der Waals surface area contributed by atoms with Crippen molar-refractivity contribution in [2.75, 3.05) is 11.9 Å². The normalized spacial score (nSPS) is 10.5. The van der Waals surface area contributed by atoms with Crippen LogP contribution in [-0.4, -0.2) is 28.5 Å². The van der Waals surface area contributed by atoms with Crippen LogP contribution in [0.5, 0.6) is 0 Å². The summed E-state index contributed by atoms with van der Waals surface area (Å²) in [7, 11) is 0. The zero-order valence-electron chi connectivity index (χ0n) is 14.9. The Hall–Kier alpha value is -2.70. The Morgan fingerprint density at radius 3 is 2.72 bits per heavy atom. The first-order valence-electron chi connectivity index (χ1n) is 8.43. The highest BCUT2D eigenvalue weighted by Crippen LogP contribution is 2.17. The molecule has 0 fully saturated rings. The van der Waals surface area contributed by atoms with E-state index >= 15 is 0 Å². The molecule has 1 aromatic carbocycles. The first-order valence-corrected chi connectivity index (χ1v) is 8.43. The van der Waals surface area contributed by atoms with Crippen molar-refractivity contribution in [1.82, 2.24) is 15.5 Å². The Bertz CT molecular complexity index is 740. The Morgan fingerprint density at radius 2 is 1.96 bits per heavy atom. The summed E-state index contributed by atoms with van der Waals surface area (Å²) in [4.78, 5) is 28.0. The van der Waals surface area contributed by atoms with Gasteiger partial charge in [-0.15, -0.1) is 0 Å². The molecule has 0 atom stereocenters. The number of carbonyl (C=O) groups excluding carboxylic acids is 2. The van der Waals surface area contributed by atoms with Crippen molar-refractivity contribution in [1.29, 1.82) is 0 Å². The van der Waals surface area contributed by atoms with Gasteiger partial charge in [0.05, 0.1) is 6.54 Å². The molecule has 0 bridgehead atoms. The lowest BCUT2D eigenvalue weighted by molar-refractivity contribution is -0.124. The summed E-state index contributed by atoms with van der Waals surface area (Å²) >= 11 is 0. The number of benzene rings is 1. The van der Waals surface area contributed by atoms with Crippen LogP contribution in [0.2, 0.25) is 0 Å². The summed E-state index contributed by atoms with van der Waals surface area (Å²) in [5.74, 6) is 0.612. The Balaban J connectivity index is 1.73. The minimum Gasteiger partial charge on any atom is -0.347 e. The molecule has 0 saturated carbocycles. The highest BCUT2D eigenvalue weighted by atomic mass is 16.5. The fourth-order valence-corrected chi connectivity index (χ4v) is 2.29. The zero-order chi connectivity index (χ0) is 18.2. The molecule has 0 unspecified atom stereocenters. The molecule has 2 aromatic rings. The first kappa shape index (κ1) is 18.6. The molecule has 7 heteroatoms. The van der Waals surface area contributed by atoms with Crippen LogP contribution in [0.3, 0.4) is 0 Å². The molecule has 1 aromatic heterocycles. The SMILES string of the molecule is CCCc1noc(CCC(=O)NCC(=O)Nc2cccc(C)c2C)n1. The maximum Gasteiger partial charge on any atom is 0.243 e. The van der Waals surface area contributed by atoms with Gasteiger partial charge in [-0.25, -0.2) is 0 Å². The largest absolute Gasteiger partial charge is 0.347 e. The molecule has 0 saturated heterocycles. The van der Waals surface area contributed by atoms with Crippen molar-refractivity contribution in [2.45, 2.75) is 46.5 Å². The summed E-state index contributed by atoms with van der Waals surface area (Å²) in [6, 6.07) is 5.70. The third kappa shape index (κ3) is 5.70. The summed E-state index contributed by atoms with van der Waals surface area (Å²) in [6.45, 7) is 5.89. The van der Waals surface area contributed by atoms with Gasteiger partial charge in [-0.1, -0.05) is 24.2 Å². The summed E-state index contributed by atoms with van der Waals surface area (Å²) < 4.78 is 5.08. The molecule has 2 rings (SSSR count). The summed E-state index contributed by atoms with van der Waals surface area (Å²) in [6.07, 6.45) is 2.26. The lowest BCUT2D eigenvalue weighted by Crippen LogP contribution is -2.33. The lowest BCUT2D eigenvalue weighted by Gasteiger charge is -2.10. The lowest BCUT2D eigenvalue weighted by atomic mass is 10.1. The van der Waals surface area contributed by atoms with Crippen LogP contribution >= 0.6 is 0 Å². The van der Waals surface area contributed by atoms with Gasteiger partial charge in [0.1, 0.15) is 0 Å². The van der Waals surface area contributed by atoms with E-state index < -0.39 is 0 Å². The van der Waals surface area contributed by atoms with Crippen LogP contribution in [0.1, 0.15) is 42.6 Å². The van der Waals surface area contributed by atoms with E-state index in [1.54, 1.807) is 0 Å². The molecule has 2 N–H and O–H groups in total. The third-order valence-electron chi connectivity index (χ3n) is 3.87. The monoisotopic (exact) mass is 344 g/mol. The molecule has 0 aliphatic rings. The first-order chi connectivity index (χ1) is 12.0. The topological polar surface area (TPSA) is 97.1 Å². The van der Waals surface area contributed by atoms with Crippen molar-refractivity contribution in [3.8, 4) is 0 Å². The second-order valence-corrected chi connectivity index (χ2v) is 5.93. The van der Waals surface area contributed by atoms with Gasteiger partial charge in [0, 0.05) is 24.9 Å². The van der Waals surface area contributed by atoms with Crippen LogP contribution in [0.4, 0.5) is 5.69 Å². The van der Waals surface area contributed by atoms with E-state index in [2.05, 4.69) is 20.8 Å². The van der Waals surface area contributed by atoms with Crippen molar-refractivity contribution >= 4 is 17.5 Å². The zero-order valence-corrected chi connectivity index (χ0v) is 14.9. The number of aromatic nitrogens is 2. The fourth-order valence-electron chi connectivity index (χ4n) is 2.29. The van der Waals surface area contributed by atoms with Crippen LogP contribution in [0, 0.1) is 13.8 Å². The van der Waals surface area contributed by atoms with E-state index in [0.29, 0.717) is 18.1 Å². The molecule has 0 aliphatic carbocycles. The van der Waals surface area contributed by atoms with Gasteiger partial charge in [0.2, 0.25) is 17.7 Å². The second kappa shape index (κ2) is 8.96. The van der Waals surface area contributed by atoms with Crippen LogP contribution in [0.15, 0.2) is 22.7 Å². The summed E-state index contributed by atoms with van der Waals surface area (Å²) in [5, 5.41) is 9.24. The van der Waals surface area contributed by atoms with Gasteiger partial charge < -0.3 is 15.2 Å². The highest BCUT2D eigenvalue weighted by molar-refractivity contribution is 5.95. The van der Waals surface area contributed by atoms with E-state index in [9.17, 15) is 9.59 Å². The Morgan fingerprint density at radius 1 is 1.16 bits per heavy atom. The summed E-state index contributed by atoms with van der Waals surface area (Å²) in [5.41, 5.74) is 2.87. The highest BCUT2D eigenvalue weighted by Gasteiger charge is 2.11. The molecule has 2 amide bonds. The molecule has 25 heavy (non-hydrogen) atoms. The molecule has 134 valence electrons. The van der Waals surface area contributed by atoms with E-state index in [1.165, 1.54) is 0 Å². The molecule has 0 radical (unpaired) electrons. The third-order valence-corrected chi connectivity index (χ3v) is 3.87. The second-order valence-electron chi connectivity index (χ2n) is 5.93. The van der Waals surface area contributed by atoms with Gasteiger partial charge in [-0.2, -0.15) is 4.98 Å². The van der Waals surface area contributed by atoms with Gasteiger partial charge in [-0.3, -0.25) is 9.59 Å². The average molecular weight is 344 g/mol. The smallest absolute Gasteiger partial charge is 0.243 e. The van der Waals surface area contributed by atoms with E-state index in [4.69, 9.17) is 4.52 Å². The quantitative estimate of drug-likeness (QED) is 0.766. The van der Waals surface area contributed by atoms with Gasteiger partial charge in [0.25, 0.3) is 0 Å². The van der Waals surface area contributed by atoms with Crippen LogP contribution < -0.4 is 10.6 Å². The van der Waals surface area contributed by atoms with Crippen LogP contribution in [-0.2, 0) is 22.4 Å². The molecular weight excluding hydrogens is 320 g/mol. The maximum atomic E-state index is 12.0. The standard InChI is InChI=1S/C18H24N4O3/c1-4-6-15-21-18(25-22-15)10-9-16(23)19-11-17(24)20-14-8-5-7-12(2)13(14)3/h5,7-8H,4,6,9-11H2,1-3H3,(H,19,23)(H,20,24). The van der Waals surface area contributed by atoms with Crippen molar-refractivity contribution in [3.05, 3.63) is 41.0 Å². The van der Waals surface area contributed by atoms with Gasteiger partial charge >= 0.3 is 0 Å². The van der Waals surface area contributed by atoms with Gasteiger partial charge in [-0.05, 0) is 37.5 Å². The van der Waals surface area contributed by atoms with Gasteiger partial charge in [0.15, 0.2) is 5.82 Å². The number of nitrogens with zero attached hydrogens (tertiary/aromatic N) is 2. The number of hydrogen-bond acceptors (Lipinski definition) is 5. The number of rotatable bonds is 8. The molecule has 1 heterocycles. The molecule has 0 spiro atoms. The van der Waals surface area contributed by atoms with Crippen molar-refractivity contribution < 1.29 is 14.1 Å². The number of nitrogens with one attached hydrogen (secondary N) is 2. The fraction of sp³-hybridized carbons (Fsp3) is 0.444. The number of aryl methyl sites for hydroxylation is 3. The number of carbonyl (C=O) groups is 2. The minimum atomic E-state index is -0.259. The number of hydrogen-bond donors (Lipinski definition) is 2. The molecule has 0 aliphatic heterocycles. The van der Waals surface area contributed by atoms with Crippen LogP contribution in [0.25, 0.3) is 0 Å². The van der Waals surface area contributed by atoms with E-state index in [1.807, 2.05) is 39.0 Å². The van der Waals surface area contributed by atoms with Crippen molar-refractivity contribution in [3.63, 3.8) is 0 Å². The predicted octanol–water partition coefficient (Wildman–Crippen LogP) is 2.33.